The number of nitrogens with two attached hydrogens (primary N) is 1. The SMILES string of the molecule is Cc1ccc(C(=O)NCC(F)(F)F)cc1NC(=O)C1(N)CCCCC1.Cl. The molecule has 0 spiro atoms. The highest BCUT2D eigenvalue weighted by Gasteiger charge is 2.35. The van der Waals surface area contributed by atoms with E-state index in [9.17, 15) is 22.8 Å². The first-order valence-corrected chi connectivity index (χ1v) is 8.17. The van der Waals surface area contributed by atoms with Crippen molar-refractivity contribution in [1.29, 1.82) is 0 Å². The zero-order valence-electron chi connectivity index (χ0n) is 14.4. The first-order chi connectivity index (χ1) is 11.6. The summed E-state index contributed by atoms with van der Waals surface area (Å²) in [5, 5.41) is 4.53. The summed E-state index contributed by atoms with van der Waals surface area (Å²) in [5.41, 5.74) is 6.34. The van der Waals surface area contributed by atoms with Crippen LogP contribution in [0.25, 0.3) is 0 Å². The van der Waals surface area contributed by atoms with Gasteiger partial charge in [0.05, 0.1) is 5.54 Å². The summed E-state index contributed by atoms with van der Waals surface area (Å²) >= 11 is 0. The molecule has 2 amide bonds. The standard InChI is InChI=1S/C17H22F3N3O2.ClH/c1-11-5-6-12(14(24)22-10-17(18,19)20)9-13(11)23-15(25)16(21)7-3-2-4-8-16;/h5-6,9H,2-4,7-8,10,21H2,1H3,(H,22,24)(H,23,25);1H. The molecule has 0 atom stereocenters. The van der Waals surface area contributed by atoms with E-state index in [1.54, 1.807) is 13.0 Å². The predicted molar refractivity (Wildman–Crippen MR) is 95.4 cm³/mol. The lowest BCUT2D eigenvalue weighted by molar-refractivity contribution is -0.123. The van der Waals surface area contributed by atoms with E-state index in [1.165, 1.54) is 12.1 Å². The number of hydrogen-bond acceptors (Lipinski definition) is 3. The van der Waals surface area contributed by atoms with Crippen LogP contribution in [0.1, 0.15) is 48.0 Å². The minimum Gasteiger partial charge on any atom is -0.343 e. The van der Waals surface area contributed by atoms with Gasteiger partial charge in [0.15, 0.2) is 0 Å². The Kier molecular flexibility index (Phi) is 7.46. The van der Waals surface area contributed by atoms with Crippen LogP contribution in [0.5, 0.6) is 0 Å². The van der Waals surface area contributed by atoms with E-state index >= 15 is 0 Å². The smallest absolute Gasteiger partial charge is 0.343 e. The van der Waals surface area contributed by atoms with E-state index in [0.29, 0.717) is 24.1 Å². The van der Waals surface area contributed by atoms with Gasteiger partial charge in [0.25, 0.3) is 5.91 Å². The average molecular weight is 394 g/mol. The summed E-state index contributed by atoms with van der Waals surface area (Å²) < 4.78 is 36.6. The lowest BCUT2D eigenvalue weighted by Gasteiger charge is -2.32. The van der Waals surface area contributed by atoms with Crippen molar-refractivity contribution in [3.05, 3.63) is 29.3 Å². The number of anilines is 1. The Bertz CT molecular complexity index is 659. The van der Waals surface area contributed by atoms with Crippen LogP contribution in [0.3, 0.4) is 0 Å². The number of amides is 2. The van der Waals surface area contributed by atoms with Gasteiger partial charge < -0.3 is 16.4 Å². The third-order valence-corrected chi connectivity index (χ3v) is 4.40. The minimum atomic E-state index is -4.48. The minimum absolute atomic E-state index is 0. The summed E-state index contributed by atoms with van der Waals surface area (Å²) in [4.78, 5) is 24.4. The Morgan fingerprint density at radius 2 is 1.81 bits per heavy atom. The molecule has 1 aliphatic rings. The molecule has 1 aliphatic carbocycles. The van der Waals surface area contributed by atoms with Crippen molar-refractivity contribution in [2.24, 2.45) is 5.73 Å². The van der Waals surface area contributed by atoms with Crippen LogP contribution in [0.4, 0.5) is 18.9 Å². The van der Waals surface area contributed by atoms with Crippen molar-refractivity contribution in [2.45, 2.75) is 50.7 Å². The van der Waals surface area contributed by atoms with Gasteiger partial charge in [0.1, 0.15) is 6.54 Å². The zero-order valence-corrected chi connectivity index (χ0v) is 15.2. The van der Waals surface area contributed by atoms with Crippen molar-refractivity contribution < 1.29 is 22.8 Å². The molecule has 0 saturated heterocycles. The van der Waals surface area contributed by atoms with Crippen LogP contribution in [-0.4, -0.2) is 30.1 Å². The van der Waals surface area contributed by atoms with Gasteiger partial charge in [-0.3, -0.25) is 9.59 Å². The molecule has 0 heterocycles. The monoisotopic (exact) mass is 393 g/mol. The molecule has 9 heteroatoms. The summed E-state index contributed by atoms with van der Waals surface area (Å²) in [7, 11) is 0. The van der Waals surface area contributed by atoms with Gasteiger partial charge in [-0.15, -0.1) is 12.4 Å². The number of hydrogen-bond donors (Lipinski definition) is 3. The van der Waals surface area contributed by atoms with Crippen LogP contribution in [0.15, 0.2) is 18.2 Å². The molecule has 0 radical (unpaired) electrons. The largest absolute Gasteiger partial charge is 0.405 e. The first-order valence-electron chi connectivity index (χ1n) is 8.17. The molecule has 2 rings (SSSR count). The second kappa shape index (κ2) is 8.73. The highest BCUT2D eigenvalue weighted by atomic mass is 35.5. The first kappa shape index (κ1) is 22.2. The van der Waals surface area contributed by atoms with E-state index in [-0.39, 0.29) is 23.9 Å². The third-order valence-electron chi connectivity index (χ3n) is 4.40. The van der Waals surface area contributed by atoms with Gasteiger partial charge in [0.2, 0.25) is 5.91 Å². The molecule has 5 nitrogen and oxygen atoms in total. The van der Waals surface area contributed by atoms with E-state index in [1.807, 2.05) is 5.32 Å². The van der Waals surface area contributed by atoms with Crippen molar-refractivity contribution >= 4 is 29.9 Å². The molecule has 0 aromatic heterocycles. The fourth-order valence-electron chi connectivity index (χ4n) is 2.84. The molecule has 146 valence electrons. The molecule has 1 fully saturated rings. The zero-order chi connectivity index (χ0) is 18.7. The maximum Gasteiger partial charge on any atom is 0.405 e. The van der Waals surface area contributed by atoms with Crippen LogP contribution in [0, 0.1) is 6.92 Å². The van der Waals surface area contributed by atoms with Gasteiger partial charge in [0, 0.05) is 11.3 Å². The molecule has 0 bridgehead atoms. The van der Waals surface area contributed by atoms with Crippen molar-refractivity contribution in [3.63, 3.8) is 0 Å². The number of carbonyl (C=O) groups excluding carboxylic acids is 2. The summed E-state index contributed by atoms with van der Waals surface area (Å²) in [5.74, 6) is -1.18. The Morgan fingerprint density at radius 1 is 1.19 bits per heavy atom. The summed E-state index contributed by atoms with van der Waals surface area (Å²) in [6, 6.07) is 4.35. The molecule has 26 heavy (non-hydrogen) atoms. The molecule has 1 aromatic rings. The number of rotatable bonds is 4. The molecule has 4 N–H and O–H groups in total. The van der Waals surface area contributed by atoms with Crippen molar-refractivity contribution in [2.75, 3.05) is 11.9 Å². The normalized spacial score (nSPS) is 16.3. The lowest BCUT2D eigenvalue weighted by atomic mass is 9.82. The highest BCUT2D eigenvalue weighted by Crippen LogP contribution is 2.28. The Hall–Kier alpha value is -1.80. The van der Waals surface area contributed by atoms with E-state index < -0.39 is 24.2 Å². The lowest BCUT2D eigenvalue weighted by Crippen LogP contribution is -2.52. The van der Waals surface area contributed by atoms with Crippen LogP contribution >= 0.6 is 12.4 Å². The van der Waals surface area contributed by atoms with Crippen LogP contribution in [0.2, 0.25) is 0 Å². The molecule has 0 unspecified atom stereocenters. The summed E-state index contributed by atoms with van der Waals surface area (Å²) in [6.45, 7) is 0.324. The topological polar surface area (TPSA) is 84.2 Å². The maximum absolute atomic E-state index is 12.5. The average Bonchev–Trinajstić information content (AvgIpc) is 2.54. The van der Waals surface area contributed by atoms with Gasteiger partial charge in [-0.2, -0.15) is 13.2 Å². The maximum atomic E-state index is 12.5. The summed E-state index contributed by atoms with van der Waals surface area (Å²) in [6.07, 6.45) is -0.511. The number of nitrogens with one attached hydrogen (secondary N) is 2. The van der Waals surface area contributed by atoms with Crippen LogP contribution in [-0.2, 0) is 4.79 Å². The highest BCUT2D eigenvalue weighted by molar-refractivity contribution is 6.00. The van der Waals surface area contributed by atoms with Gasteiger partial charge in [-0.05, 0) is 37.5 Å². The molecule has 0 aliphatic heterocycles. The van der Waals surface area contributed by atoms with Gasteiger partial charge in [-0.1, -0.05) is 25.3 Å². The fraction of sp³-hybridized carbons (Fsp3) is 0.529. The Balaban J connectivity index is 0.00000338. The van der Waals surface area contributed by atoms with Gasteiger partial charge in [-0.25, -0.2) is 0 Å². The Morgan fingerprint density at radius 3 is 2.38 bits per heavy atom. The number of benzene rings is 1. The number of halogens is 4. The second-order valence-electron chi connectivity index (χ2n) is 6.50. The van der Waals surface area contributed by atoms with Crippen LogP contribution < -0.4 is 16.4 Å². The number of aryl methyl sites for hydroxylation is 1. The quantitative estimate of drug-likeness (QED) is 0.733. The van der Waals surface area contributed by atoms with E-state index in [2.05, 4.69) is 5.32 Å². The number of carbonyl (C=O) groups is 2. The number of alkyl halides is 3. The molecule has 1 aromatic carbocycles. The fourth-order valence-corrected chi connectivity index (χ4v) is 2.84. The Labute approximate surface area is 156 Å². The van der Waals surface area contributed by atoms with Crippen molar-refractivity contribution in [3.8, 4) is 0 Å². The molecular weight excluding hydrogens is 371 g/mol. The van der Waals surface area contributed by atoms with E-state index in [4.69, 9.17) is 5.73 Å². The van der Waals surface area contributed by atoms with E-state index in [0.717, 1.165) is 19.3 Å². The predicted octanol–water partition coefficient (Wildman–Crippen LogP) is 3.31. The van der Waals surface area contributed by atoms with Gasteiger partial charge >= 0.3 is 6.18 Å². The third kappa shape index (κ3) is 5.88. The second-order valence-corrected chi connectivity index (χ2v) is 6.50. The van der Waals surface area contributed by atoms with Crippen molar-refractivity contribution in [1.82, 2.24) is 5.32 Å². The molecular formula is C17H23ClF3N3O2. The molecule has 1 saturated carbocycles.